The van der Waals surface area contributed by atoms with Gasteiger partial charge in [-0.15, -0.1) is 0 Å². The molecule has 0 aliphatic heterocycles. The second kappa shape index (κ2) is 9.02. The third-order valence-corrected chi connectivity index (χ3v) is 4.69. The molecule has 1 aliphatic rings. The van der Waals surface area contributed by atoms with Crippen LogP contribution in [0.5, 0.6) is 0 Å². The summed E-state index contributed by atoms with van der Waals surface area (Å²) in [5, 5.41) is 5.20. The van der Waals surface area contributed by atoms with Crippen molar-refractivity contribution < 1.29 is 27.7 Å². The highest BCUT2D eigenvalue weighted by Gasteiger charge is 2.24. The highest BCUT2D eigenvalue weighted by Crippen LogP contribution is 2.23. The number of rotatable bonds is 6. The summed E-state index contributed by atoms with van der Waals surface area (Å²) in [6.07, 6.45) is 4.33. The van der Waals surface area contributed by atoms with Crippen LogP contribution < -0.4 is 15.5 Å². The Kier molecular flexibility index (Phi) is 7.02. The minimum absolute atomic E-state index is 0.0941. The van der Waals surface area contributed by atoms with Crippen LogP contribution in [0.1, 0.15) is 32.6 Å². The molecule has 1 aromatic carbocycles. The van der Waals surface area contributed by atoms with Crippen molar-refractivity contribution in [2.24, 2.45) is 5.92 Å². The molecule has 0 aromatic heterocycles. The van der Waals surface area contributed by atoms with Gasteiger partial charge in [-0.25, -0.2) is 13.2 Å². The number of amides is 2. The van der Waals surface area contributed by atoms with Gasteiger partial charge < -0.3 is 15.5 Å². The molecule has 3 atom stereocenters. The van der Waals surface area contributed by atoms with Gasteiger partial charge >= 0.3 is 0 Å². The molecule has 144 valence electrons. The van der Waals surface area contributed by atoms with Gasteiger partial charge in [0.05, 0.1) is 12.7 Å². The van der Waals surface area contributed by atoms with Crippen molar-refractivity contribution >= 4 is 17.5 Å². The lowest BCUT2D eigenvalue weighted by molar-refractivity contribution is -0.862. The first-order valence-corrected chi connectivity index (χ1v) is 8.82. The maximum Gasteiger partial charge on any atom is 0.279 e. The number of likely N-dealkylation sites (N-methyl/N-ethyl adjacent to an activating group) is 1. The molecule has 0 bridgehead atoms. The fourth-order valence-electron chi connectivity index (χ4n) is 3.22. The summed E-state index contributed by atoms with van der Waals surface area (Å²) in [5.74, 6) is -4.70. The fraction of sp³-hybridized carbons (Fsp3) is 0.556. The maximum absolute atomic E-state index is 13.6. The van der Waals surface area contributed by atoms with E-state index >= 15 is 0 Å². The van der Waals surface area contributed by atoms with Crippen LogP contribution in [0.3, 0.4) is 0 Å². The van der Waals surface area contributed by atoms with Crippen molar-refractivity contribution in [3.8, 4) is 0 Å². The Labute approximate surface area is 150 Å². The Morgan fingerprint density at radius 3 is 2.42 bits per heavy atom. The van der Waals surface area contributed by atoms with Crippen molar-refractivity contribution in [1.82, 2.24) is 5.32 Å². The number of halogens is 3. The average molecular weight is 372 g/mol. The van der Waals surface area contributed by atoms with E-state index in [-0.39, 0.29) is 25.0 Å². The third-order valence-electron chi connectivity index (χ3n) is 4.69. The molecule has 1 fully saturated rings. The molecular weight excluding hydrogens is 347 g/mol. The van der Waals surface area contributed by atoms with Crippen LogP contribution in [0.25, 0.3) is 0 Å². The van der Waals surface area contributed by atoms with E-state index in [2.05, 4.69) is 17.6 Å². The number of anilines is 1. The summed E-state index contributed by atoms with van der Waals surface area (Å²) in [6.45, 7) is 2.10. The highest BCUT2D eigenvalue weighted by atomic mass is 19.2. The van der Waals surface area contributed by atoms with Crippen LogP contribution >= 0.6 is 0 Å². The molecule has 1 aliphatic carbocycles. The Bertz CT molecular complexity index is 669. The molecular formula is C18H25F3N3O2+. The minimum Gasteiger partial charge on any atom is -0.348 e. The zero-order chi connectivity index (χ0) is 19.3. The number of hydrogen-bond acceptors (Lipinski definition) is 2. The van der Waals surface area contributed by atoms with Gasteiger partial charge in [-0.2, -0.15) is 0 Å². The van der Waals surface area contributed by atoms with Gasteiger partial charge in [0.2, 0.25) is 0 Å². The van der Waals surface area contributed by atoms with Crippen LogP contribution in [0.2, 0.25) is 0 Å². The molecule has 0 spiro atoms. The van der Waals surface area contributed by atoms with E-state index in [1.54, 1.807) is 7.05 Å². The predicted molar refractivity (Wildman–Crippen MR) is 91.1 cm³/mol. The van der Waals surface area contributed by atoms with Gasteiger partial charge in [0.1, 0.15) is 0 Å². The van der Waals surface area contributed by atoms with Gasteiger partial charge in [-0.1, -0.05) is 19.8 Å². The molecule has 8 heteroatoms. The van der Waals surface area contributed by atoms with E-state index in [1.807, 2.05) is 0 Å². The molecule has 1 unspecified atom stereocenters. The lowest BCUT2D eigenvalue weighted by Gasteiger charge is -2.29. The summed E-state index contributed by atoms with van der Waals surface area (Å²) in [6, 6.07) is 1.86. The Morgan fingerprint density at radius 2 is 1.73 bits per heavy atom. The lowest BCUT2D eigenvalue weighted by Crippen LogP contribution is -3.11. The normalized spacial score (nSPS) is 21.1. The SMILES string of the molecule is C[C@@H]1CCCC[C@@H]1NC(=O)C[NH+](C)CC(=O)Nc1ccc(F)c(F)c1F. The number of benzene rings is 1. The number of carbonyl (C=O) groups excluding carboxylic acids is 2. The van der Waals surface area contributed by atoms with Crippen molar-refractivity contribution in [3.63, 3.8) is 0 Å². The molecule has 1 aromatic rings. The first kappa shape index (κ1) is 20.2. The van der Waals surface area contributed by atoms with Crippen molar-refractivity contribution in [3.05, 3.63) is 29.6 Å². The zero-order valence-electron chi connectivity index (χ0n) is 15.0. The first-order chi connectivity index (χ1) is 12.3. The van der Waals surface area contributed by atoms with Crippen LogP contribution in [0.15, 0.2) is 12.1 Å². The summed E-state index contributed by atoms with van der Waals surface area (Å²) in [5.41, 5.74) is -0.429. The second-order valence-corrected chi connectivity index (χ2v) is 7.02. The minimum atomic E-state index is -1.63. The van der Waals surface area contributed by atoms with Crippen molar-refractivity contribution in [1.29, 1.82) is 0 Å². The Morgan fingerprint density at radius 1 is 1.08 bits per heavy atom. The number of nitrogens with one attached hydrogen (secondary N) is 3. The van der Waals surface area contributed by atoms with Gasteiger partial charge in [-0.05, 0) is 30.9 Å². The van der Waals surface area contributed by atoms with Gasteiger partial charge in [-0.3, -0.25) is 9.59 Å². The maximum atomic E-state index is 13.6. The van der Waals surface area contributed by atoms with Crippen molar-refractivity contribution in [2.75, 3.05) is 25.5 Å². The second-order valence-electron chi connectivity index (χ2n) is 7.02. The molecule has 2 amide bonds. The molecule has 26 heavy (non-hydrogen) atoms. The van der Waals surface area contributed by atoms with E-state index in [1.165, 1.54) is 6.42 Å². The molecule has 3 N–H and O–H groups in total. The van der Waals surface area contributed by atoms with Gasteiger partial charge in [0.25, 0.3) is 11.8 Å². The standard InChI is InChI=1S/C18H24F3N3O2/c1-11-5-3-4-6-13(11)22-15(25)9-24(2)10-16(26)23-14-8-7-12(19)17(20)18(14)21/h7-8,11,13H,3-6,9-10H2,1-2H3,(H,22,25)(H,23,26)/p+1/t11-,13+/m1/s1. The zero-order valence-corrected chi connectivity index (χ0v) is 15.0. The lowest BCUT2D eigenvalue weighted by atomic mass is 9.86. The van der Waals surface area contributed by atoms with Crippen LogP contribution in [-0.4, -0.2) is 38.0 Å². The smallest absolute Gasteiger partial charge is 0.279 e. The molecule has 0 saturated heterocycles. The molecule has 0 radical (unpaired) electrons. The van der Waals surface area contributed by atoms with E-state index < -0.39 is 29.0 Å². The van der Waals surface area contributed by atoms with Crippen LogP contribution in [0.4, 0.5) is 18.9 Å². The average Bonchev–Trinajstić information content (AvgIpc) is 2.57. The summed E-state index contributed by atoms with van der Waals surface area (Å²) < 4.78 is 39.6. The summed E-state index contributed by atoms with van der Waals surface area (Å²) >= 11 is 0. The quantitative estimate of drug-likeness (QED) is 0.659. The number of carbonyl (C=O) groups is 2. The summed E-state index contributed by atoms with van der Waals surface area (Å²) in [4.78, 5) is 24.7. The number of hydrogen-bond donors (Lipinski definition) is 3. The number of quaternary nitrogens is 1. The fourth-order valence-corrected chi connectivity index (χ4v) is 3.22. The Hall–Kier alpha value is -2.09. The topological polar surface area (TPSA) is 62.6 Å². The van der Waals surface area contributed by atoms with Crippen LogP contribution in [0, 0.1) is 23.4 Å². The molecule has 0 heterocycles. The molecule has 5 nitrogen and oxygen atoms in total. The first-order valence-electron chi connectivity index (χ1n) is 8.82. The van der Waals surface area contributed by atoms with E-state index in [4.69, 9.17) is 0 Å². The molecule has 1 saturated carbocycles. The predicted octanol–water partition coefficient (Wildman–Crippen LogP) is 1.25. The van der Waals surface area contributed by atoms with Gasteiger partial charge in [0.15, 0.2) is 30.5 Å². The monoisotopic (exact) mass is 372 g/mol. The van der Waals surface area contributed by atoms with Crippen molar-refractivity contribution in [2.45, 2.75) is 38.6 Å². The van der Waals surface area contributed by atoms with E-state index in [0.29, 0.717) is 10.8 Å². The highest BCUT2D eigenvalue weighted by molar-refractivity contribution is 5.91. The van der Waals surface area contributed by atoms with E-state index in [0.717, 1.165) is 31.4 Å². The summed E-state index contributed by atoms with van der Waals surface area (Å²) in [7, 11) is 1.66. The van der Waals surface area contributed by atoms with E-state index in [9.17, 15) is 22.8 Å². The van der Waals surface area contributed by atoms with Crippen LogP contribution in [-0.2, 0) is 9.59 Å². The third kappa shape index (κ3) is 5.45. The Balaban J connectivity index is 1.81. The van der Waals surface area contributed by atoms with Gasteiger partial charge in [0, 0.05) is 6.04 Å². The molecule has 2 rings (SSSR count). The largest absolute Gasteiger partial charge is 0.348 e.